The van der Waals surface area contributed by atoms with Crippen LogP contribution < -0.4 is 5.69 Å². The molecule has 0 spiro atoms. The second-order valence-corrected chi connectivity index (χ2v) is 8.39. The summed E-state index contributed by atoms with van der Waals surface area (Å²) in [5, 5.41) is 0. The fourth-order valence-corrected chi connectivity index (χ4v) is 4.96. The largest absolute Gasteiger partial charge is 0.378 e. The van der Waals surface area contributed by atoms with Gasteiger partial charge in [0.1, 0.15) is 0 Å². The van der Waals surface area contributed by atoms with Crippen LogP contribution in [0.2, 0.25) is 0 Å². The molecule has 1 aromatic heterocycles. The molecule has 0 radical (unpaired) electrons. The number of nitrogens with zero attached hydrogens (tertiary/aromatic N) is 2. The Hall–Kier alpha value is -1.59. The predicted molar refractivity (Wildman–Crippen MR) is 109 cm³/mol. The molecule has 1 saturated heterocycles. The number of H-pyrrole nitrogens is 1. The molecule has 2 heterocycles. The zero-order valence-electron chi connectivity index (χ0n) is 16.7. The zero-order chi connectivity index (χ0) is 18.8. The average molecular weight is 372 g/mol. The van der Waals surface area contributed by atoms with Crippen molar-refractivity contribution in [3.05, 3.63) is 34.2 Å². The van der Waals surface area contributed by atoms with Crippen molar-refractivity contribution in [3.8, 4) is 0 Å². The molecule has 2 aromatic rings. The normalized spacial score (nSPS) is 25.3. The Morgan fingerprint density at radius 3 is 2.52 bits per heavy atom. The van der Waals surface area contributed by atoms with E-state index in [1.807, 2.05) is 10.6 Å². The molecule has 1 aliphatic heterocycles. The number of aromatic nitrogens is 2. The van der Waals surface area contributed by atoms with Gasteiger partial charge in [-0.25, -0.2) is 4.79 Å². The summed E-state index contributed by atoms with van der Waals surface area (Å²) in [6, 6.07) is 7.24. The number of rotatable bonds is 5. The highest BCUT2D eigenvalue weighted by Gasteiger charge is 2.30. The molecule has 27 heavy (non-hydrogen) atoms. The maximum atomic E-state index is 12.5. The van der Waals surface area contributed by atoms with Crippen LogP contribution in [0.5, 0.6) is 0 Å². The van der Waals surface area contributed by atoms with Crippen molar-refractivity contribution < 1.29 is 4.74 Å². The van der Waals surface area contributed by atoms with Crippen molar-refractivity contribution in [1.29, 1.82) is 0 Å². The highest BCUT2D eigenvalue weighted by Crippen LogP contribution is 2.31. The third-order valence-electron chi connectivity index (χ3n) is 6.46. The Morgan fingerprint density at radius 2 is 1.81 bits per heavy atom. The summed E-state index contributed by atoms with van der Waals surface area (Å²) in [5.41, 5.74) is 3.27. The molecule has 0 amide bonds. The quantitative estimate of drug-likeness (QED) is 0.864. The van der Waals surface area contributed by atoms with Crippen molar-refractivity contribution in [2.75, 3.05) is 19.7 Å². The first-order valence-corrected chi connectivity index (χ1v) is 10.7. The number of hydrogen-bond donors (Lipinski definition) is 1. The van der Waals surface area contributed by atoms with E-state index in [0.717, 1.165) is 50.0 Å². The molecule has 148 valence electrons. The van der Waals surface area contributed by atoms with E-state index in [0.29, 0.717) is 18.2 Å². The topological polar surface area (TPSA) is 50.3 Å². The fourth-order valence-electron chi connectivity index (χ4n) is 4.96. The second-order valence-electron chi connectivity index (χ2n) is 8.39. The van der Waals surface area contributed by atoms with Gasteiger partial charge >= 0.3 is 5.69 Å². The Balaban J connectivity index is 1.37. The van der Waals surface area contributed by atoms with Gasteiger partial charge in [-0.1, -0.05) is 13.0 Å². The number of piperidine rings is 1. The molecular weight excluding hydrogens is 338 g/mol. The lowest BCUT2D eigenvalue weighted by atomic mass is 9.90. The maximum absolute atomic E-state index is 12.5. The van der Waals surface area contributed by atoms with E-state index in [1.165, 1.54) is 31.2 Å². The molecule has 1 aromatic carbocycles. The number of ether oxygens (including phenoxy) is 1. The smallest absolute Gasteiger partial charge is 0.326 e. The van der Waals surface area contributed by atoms with Crippen molar-refractivity contribution in [2.45, 2.75) is 77.0 Å². The number of fused-ring (bicyclic) bond motifs is 1. The van der Waals surface area contributed by atoms with E-state index in [4.69, 9.17) is 4.74 Å². The molecule has 5 heteroatoms. The average Bonchev–Trinajstić information content (AvgIpc) is 3.02. The van der Waals surface area contributed by atoms with E-state index >= 15 is 0 Å². The van der Waals surface area contributed by atoms with E-state index < -0.39 is 0 Å². The molecular formula is C22H33N3O2. The third-order valence-corrected chi connectivity index (χ3v) is 6.46. The molecule has 5 nitrogen and oxygen atoms in total. The van der Waals surface area contributed by atoms with Crippen molar-refractivity contribution >= 4 is 11.0 Å². The molecule has 2 fully saturated rings. The fraction of sp³-hybridized carbons (Fsp3) is 0.682. The Bertz CT molecular complexity index is 809. The molecule has 0 atom stereocenters. The summed E-state index contributed by atoms with van der Waals surface area (Å²) in [5.74, 6) is 0. The number of hydrogen-bond acceptors (Lipinski definition) is 3. The van der Waals surface area contributed by atoms with E-state index in [9.17, 15) is 4.79 Å². The molecule has 4 rings (SSSR count). The van der Waals surface area contributed by atoms with Crippen LogP contribution in [-0.2, 0) is 4.74 Å². The van der Waals surface area contributed by atoms with Crippen LogP contribution in [0, 0.1) is 6.92 Å². The van der Waals surface area contributed by atoms with Gasteiger partial charge in [0, 0.05) is 31.8 Å². The summed E-state index contributed by atoms with van der Waals surface area (Å²) in [4.78, 5) is 18.2. The van der Waals surface area contributed by atoms with Crippen LogP contribution in [0.3, 0.4) is 0 Å². The van der Waals surface area contributed by atoms with Crippen LogP contribution in [0.1, 0.15) is 63.5 Å². The standard InChI is InChI=1S/C22H33N3O2/c1-3-14-27-19-7-5-17(6-8-19)24-12-10-18(11-13-24)25-21-15-16(2)4-9-20(21)23-22(25)26/h4,9,15,17-19H,3,5-8,10-14H2,1-2H3,(H,23,26)/t17-,19+. The number of aryl methyl sites for hydroxylation is 1. The van der Waals surface area contributed by atoms with Crippen LogP contribution in [-0.4, -0.2) is 46.3 Å². The SMILES string of the molecule is CCCO[C@H]1CC[C@@H](N2CCC(n3c(=O)[nH]c4ccc(C)cc43)CC2)CC1. The van der Waals surface area contributed by atoms with Crippen molar-refractivity contribution in [3.63, 3.8) is 0 Å². The minimum atomic E-state index is 0.0441. The summed E-state index contributed by atoms with van der Waals surface area (Å²) >= 11 is 0. The van der Waals surface area contributed by atoms with E-state index in [1.54, 1.807) is 0 Å². The van der Waals surface area contributed by atoms with Crippen molar-refractivity contribution in [2.24, 2.45) is 0 Å². The van der Waals surface area contributed by atoms with Gasteiger partial charge in [-0.3, -0.25) is 4.57 Å². The van der Waals surface area contributed by atoms with Gasteiger partial charge in [0.05, 0.1) is 17.1 Å². The Kier molecular flexibility index (Phi) is 5.69. The first-order valence-electron chi connectivity index (χ1n) is 10.7. The van der Waals surface area contributed by atoms with E-state index in [-0.39, 0.29) is 5.69 Å². The summed E-state index contributed by atoms with van der Waals surface area (Å²) < 4.78 is 7.95. The molecule has 0 unspecified atom stereocenters. The third kappa shape index (κ3) is 3.99. The van der Waals surface area contributed by atoms with Gasteiger partial charge in [-0.05, 0) is 69.6 Å². The van der Waals surface area contributed by atoms with Crippen molar-refractivity contribution in [1.82, 2.24) is 14.5 Å². The van der Waals surface area contributed by atoms with Crippen LogP contribution in [0.25, 0.3) is 11.0 Å². The number of nitrogens with one attached hydrogen (secondary N) is 1. The highest BCUT2D eigenvalue weighted by atomic mass is 16.5. The number of likely N-dealkylation sites (tertiary alicyclic amines) is 1. The number of imidazole rings is 1. The van der Waals surface area contributed by atoms with Gasteiger partial charge < -0.3 is 14.6 Å². The summed E-state index contributed by atoms with van der Waals surface area (Å²) in [6.45, 7) is 7.36. The number of aromatic amines is 1. The Morgan fingerprint density at radius 1 is 1.07 bits per heavy atom. The zero-order valence-corrected chi connectivity index (χ0v) is 16.7. The lowest BCUT2D eigenvalue weighted by Gasteiger charge is -2.41. The lowest BCUT2D eigenvalue weighted by molar-refractivity contribution is 0.00254. The van der Waals surface area contributed by atoms with Crippen LogP contribution in [0.15, 0.2) is 23.0 Å². The van der Waals surface area contributed by atoms with Crippen LogP contribution >= 0.6 is 0 Å². The first kappa shape index (κ1) is 18.8. The number of benzene rings is 1. The summed E-state index contributed by atoms with van der Waals surface area (Å²) in [6.07, 6.45) is 8.63. The van der Waals surface area contributed by atoms with Gasteiger partial charge in [-0.2, -0.15) is 0 Å². The molecule has 1 saturated carbocycles. The lowest BCUT2D eigenvalue weighted by Crippen LogP contribution is -2.45. The molecule has 1 aliphatic carbocycles. The monoisotopic (exact) mass is 371 g/mol. The molecule has 2 aliphatic rings. The van der Waals surface area contributed by atoms with Gasteiger partial charge in [0.25, 0.3) is 0 Å². The van der Waals surface area contributed by atoms with Gasteiger partial charge in [-0.15, -0.1) is 0 Å². The highest BCUT2D eigenvalue weighted by molar-refractivity contribution is 5.76. The minimum Gasteiger partial charge on any atom is -0.378 e. The second kappa shape index (κ2) is 8.19. The molecule has 0 bridgehead atoms. The van der Waals surface area contributed by atoms with Gasteiger partial charge in [0.2, 0.25) is 0 Å². The Labute approximate surface area is 161 Å². The van der Waals surface area contributed by atoms with E-state index in [2.05, 4.69) is 35.9 Å². The molecule has 1 N–H and O–H groups in total. The predicted octanol–water partition coefficient (Wildman–Crippen LogP) is 4.01. The first-order chi connectivity index (χ1) is 13.2. The maximum Gasteiger partial charge on any atom is 0.326 e. The van der Waals surface area contributed by atoms with Gasteiger partial charge in [0.15, 0.2) is 0 Å². The van der Waals surface area contributed by atoms with Crippen LogP contribution in [0.4, 0.5) is 0 Å². The minimum absolute atomic E-state index is 0.0441. The summed E-state index contributed by atoms with van der Waals surface area (Å²) in [7, 11) is 0.